The molecule has 17 heavy (non-hydrogen) atoms. The molecule has 1 heterocycles. The molecule has 0 saturated heterocycles. The van der Waals surface area contributed by atoms with Gasteiger partial charge in [-0.15, -0.1) is 0 Å². The minimum atomic E-state index is 0.0867. The molecule has 0 bridgehead atoms. The Morgan fingerprint density at radius 2 is 1.82 bits per heavy atom. The smallest absolute Gasteiger partial charge is 0.250 e. The molecule has 0 unspecified atom stereocenters. The topological polar surface area (TPSA) is 22.0 Å². The predicted octanol–water partition coefficient (Wildman–Crippen LogP) is 2.79. The van der Waals surface area contributed by atoms with E-state index in [1.165, 1.54) is 5.56 Å². The molecule has 88 valence electrons. The maximum Gasteiger partial charge on any atom is 0.250 e. The van der Waals surface area contributed by atoms with Crippen LogP contribution in [0, 0.1) is 6.92 Å². The summed E-state index contributed by atoms with van der Waals surface area (Å²) in [5, 5.41) is 0. The zero-order valence-electron chi connectivity index (χ0n) is 10.1. The summed E-state index contributed by atoms with van der Waals surface area (Å²) in [4.78, 5) is 11.6. The predicted molar refractivity (Wildman–Crippen MR) is 70.2 cm³/mol. The maximum atomic E-state index is 11.6. The van der Waals surface area contributed by atoms with Crippen molar-refractivity contribution in [2.45, 2.75) is 26.3 Å². The lowest BCUT2D eigenvalue weighted by molar-refractivity contribution is 0.620. The molecule has 0 aliphatic rings. The van der Waals surface area contributed by atoms with E-state index in [1.807, 2.05) is 37.4 Å². The van der Waals surface area contributed by atoms with Gasteiger partial charge in [-0.05, 0) is 30.9 Å². The van der Waals surface area contributed by atoms with Crippen molar-refractivity contribution >= 4 is 0 Å². The molecule has 0 fully saturated rings. The van der Waals surface area contributed by atoms with Crippen molar-refractivity contribution in [3.8, 4) is 0 Å². The Labute approximate surface area is 102 Å². The highest BCUT2D eigenvalue weighted by molar-refractivity contribution is 5.14. The fraction of sp³-hybridized carbons (Fsp3) is 0.267. The van der Waals surface area contributed by atoms with Crippen LogP contribution >= 0.6 is 0 Å². The first-order valence-electron chi connectivity index (χ1n) is 5.97. The molecule has 1 aromatic carbocycles. The number of hydrogen-bond acceptors (Lipinski definition) is 1. The third-order valence-electron chi connectivity index (χ3n) is 2.84. The van der Waals surface area contributed by atoms with Crippen LogP contribution in [0.25, 0.3) is 0 Å². The molecule has 0 radical (unpaired) electrons. The third kappa shape index (κ3) is 3.31. The highest BCUT2D eigenvalue weighted by Gasteiger charge is 1.97. The van der Waals surface area contributed by atoms with E-state index in [0.29, 0.717) is 0 Å². The lowest BCUT2D eigenvalue weighted by atomic mass is 10.1. The van der Waals surface area contributed by atoms with Crippen LogP contribution in [-0.2, 0) is 13.0 Å². The van der Waals surface area contributed by atoms with Gasteiger partial charge in [0.05, 0.1) is 0 Å². The fourth-order valence-corrected chi connectivity index (χ4v) is 1.92. The van der Waals surface area contributed by atoms with Crippen LogP contribution < -0.4 is 5.56 Å². The highest BCUT2D eigenvalue weighted by atomic mass is 16.1. The summed E-state index contributed by atoms with van der Waals surface area (Å²) in [6, 6.07) is 13.9. The molecule has 2 aromatic rings. The van der Waals surface area contributed by atoms with E-state index in [0.717, 1.165) is 24.9 Å². The van der Waals surface area contributed by atoms with Crippen LogP contribution in [0.3, 0.4) is 0 Å². The lowest BCUT2D eigenvalue weighted by Gasteiger charge is -2.06. The van der Waals surface area contributed by atoms with Gasteiger partial charge in [-0.3, -0.25) is 4.79 Å². The molecule has 0 aliphatic carbocycles. The van der Waals surface area contributed by atoms with Gasteiger partial charge in [-0.2, -0.15) is 0 Å². The van der Waals surface area contributed by atoms with Crippen molar-refractivity contribution in [1.82, 2.24) is 4.57 Å². The zero-order valence-corrected chi connectivity index (χ0v) is 10.1. The number of benzene rings is 1. The molecule has 0 spiro atoms. The molecular formula is C15H17NO. The van der Waals surface area contributed by atoms with E-state index >= 15 is 0 Å². The second kappa shape index (κ2) is 5.48. The van der Waals surface area contributed by atoms with Gasteiger partial charge in [0.2, 0.25) is 0 Å². The quantitative estimate of drug-likeness (QED) is 0.787. The zero-order chi connectivity index (χ0) is 12.1. The summed E-state index contributed by atoms with van der Waals surface area (Å²) in [6.07, 6.45) is 3.93. The standard InChI is InChI=1S/C15H17NO/c1-13-9-10-15(17)16(12-13)11-5-8-14-6-3-2-4-7-14/h2-4,6-7,9-10,12H,5,8,11H2,1H3. The van der Waals surface area contributed by atoms with Crippen molar-refractivity contribution in [2.75, 3.05) is 0 Å². The molecule has 2 rings (SSSR count). The molecule has 0 atom stereocenters. The fourth-order valence-electron chi connectivity index (χ4n) is 1.92. The van der Waals surface area contributed by atoms with Crippen LogP contribution in [0.2, 0.25) is 0 Å². The first-order chi connectivity index (χ1) is 8.25. The van der Waals surface area contributed by atoms with Gasteiger partial charge in [0, 0.05) is 18.8 Å². The monoisotopic (exact) mass is 227 g/mol. The largest absolute Gasteiger partial charge is 0.315 e. The van der Waals surface area contributed by atoms with E-state index < -0.39 is 0 Å². The van der Waals surface area contributed by atoms with Crippen LogP contribution in [0.1, 0.15) is 17.5 Å². The van der Waals surface area contributed by atoms with Crippen molar-refractivity contribution in [1.29, 1.82) is 0 Å². The van der Waals surface area contributed by atoms with Gasteiger partial charge in [-0.1, -0.05) is 36.4 Å². The number of rotatable bonds is 4. The second-order valence-electron chi connectivity index (χ2n) is 4.33. The highest BCUT2D eigenvalue weighted by Crippen LogP contribution is 2.03. The van der Waals surface area contributed by atoms with Crippen molar-refractivity contribution in [3.63, 3.8) is 0 Å². The summed E-state index contributed by atoms with van der Waals surface area (Å²) in [5.41, 5.74) is 2.54. The summed E-state index contributed by atoms with van der Waals surface area (Å²) in [5.74, 6) is 0. The van der Waals surface area contributed by atoms with Crippen LogP contribution in [0.15, 0.2) is 53.5 Å². The number of pyridine rings is 1. The molecule has 0 amide bonds. The summed E-state index contributed by atoms with van der Waals surface area (Å²) >= 11 is 0. The normalized spacial score (nSPS) is 10.4. The SMILES string of the molecule is Cc1ccc(=O)n(CCCc2ccccc2)c1. The van der Waals surface area contributed by atoms with Crippen molar-refractivity contribution in [2.24, 2.45) is 0 Å². The van der Waals surface area contributed by atoms with Gasteiger partial charge in [0.25, 0.3) is 5.56 Å². The van der Waals surface area contributed by atoms with E-state index in [9.17, 15) is 4.79 Å². The second-order valence-corrected chi connectivity index (χ2v) is 4.33. The molecule has 0 saturated carbocycles. The van der Waals surface area contributed by atoms with E-state index in [4.69, 9.17) is 0 Å². The summed E-state index contributed by atoms with van der Waals surface area (Å²) in [7, 11) is 0. The molecule has 0 aliphatic heterocycles. The Kier molecular flexibility index (Phi) is 3.76. The van der Waals surface area contributed by atoms with Crippen molar-refractivity contribution in [3.05, 3.63) is 70.1 Å². The average molecular weight is 227 g/mol. The van der Waals surface area contributed by atoms with Gasteiger partial charge >= 0.3 is 0 Å². The maximum absolute atomic E-state index is 11.6. The number of nitrogens with zero attached hydrogens (tertiary/aromatic N) is 1. The Morgan fingerprint density at radius 1 is 1.06 bits per heavy atom. The van der Waals surface area contributed by atoms with E-state index in [2.05, 4.69) is 12.1 Å². The Morgan fingerprint density at radius 3 is 2.59 bits per heavy atom. The number of aromatic nitrogens is 1. The minimum Gasteiger partial charge on any atom is -0.315 e. The molecule has 2 heteroatoms. The van der Waals surface area contributed by atoms with Gasteiger partial charge in [-0.25, -0.2) is 0 Å². The number of hydrogen-bond donors (Lipinski definition) is 0. The van der Waals surface area contributed by atoms with E-state index in [-0.39, 0.29) is 5.56 Å². The number of aryl methyl sites for hydroxylation is 3. The first-order valence-corrected chi connectivity index (χ1v) is 5.97. The third-order valence-corrected chi connectivity index (χ3v) is 2.84. The van der Waals surface area contributed by atoms with Crippen LogP contribution in [0.4, 0.5) is 0 Å². The first kappa shape index (κ1) is 11.6. The Hall–Kier alpha value is -1.83. The average Bonchev–Trinajstić information content (AvgIpc) is 2.35. The van der Waals surface area contributed by atoms with Gasteiger partial charge in [0.1, 0.15) is 0 Å². The summed E-state index contributed by atoms with van der Waals surface area (Å²) in [6.45, 7) is 2.79. The lowest BCUT2D eigenvalue weighted by Crippen LogP contribution is -2.18. The molecular weight excluding hydrogens is 210 g/mol. The minimum absolute atomic E-state index is 0.0867. The molecule has 0 N–H and O–H groups in total. The van der Waals surface area contributed by atoms with Gasteiger partial charge < -0.3 is 4.57 Å². The van der Waals surface area contributed by atoms with E-state index in [1.54, 1.807) is 10.6 Å². The van der Waals surface area contributed by atoms with Crippen LogP contribution in [-0.4, -0.2) is 4.57 Å². The van der Waals surface area contributed by atoms with Gasteiger partial charge in [0.15, 0.2) is 0 Å². The Balaban J connectivity index is 1.94. The summed E-state index contributed by atoms with van der Waals surface area (Å²) < 4.78 is 1.79. The molecule has 1 aromatic heterocycles. The van der Waals surface area contributed by atoms with Crippen molar-refractivity contribution < 1.29 is 0 Å². The molecule has 2 nitrogen and oxygen atoms in total. The Bertz CT molecular complexity index is 528. The van der Waals surface area contributed by atoms with Crippen LogP contribution in [0.5, 0.6) is 0 Å².